The number of rotatable bonds is 6. The number of hydrogen-bond donors (Lipinski definition) is 1. The standard InChI is InChI=1S/C11H21NOS/c1-10(6-8-14-2)12-9-11-5-3-4-7-13-11/h4,7,10-12H,3,5-6,8-9H2,1-2H3. The van der Waals surface area contributed by atoms with Gasteiger partial charge >= 0.3 is 0 Å². The van der Waals surface area contributed by atoms with Gasteiger partial charge in [-0.05, 0) is 44.3 Å². The highest BCUT2D eigenvalue weighted by Crippen LogP contribution is 2.09. The summed E-state index contributed by atoms with van der Waals surface area (Å²) in [6, 6.07) is 0.608. The molecule has 0 saturated heterocycles. The van der Waals surface area contributed by atoms with E-state index < -0.39 is 0 Å². The molecule has 0 radical (unpaired) electrons. The summed E-state index contributed by atoms with van der Waals surface area (Å²) in [5.41, 5.74) is 0. The van der Waals surface area contributed by atoms with Gasteiger partial charge in [-0.25, -0.2) is 0 Å². The SMILES string of the molecule is CSCCC(C)NCC1CCC=CO1. The summed E-state index contributed by atoms with van der Waals surface area (Å²) < 4.78 is 5.48. The molecule has 3 heteroatoms. The van der Waals surface area contributed by atoms with Crippen LogP contribution in [0.15, 0.2) is 12.3 Å². The highest BCUT2D eigenvalue weighted by molar-refractivity contribution is 7.98. The van der Waals surface area contributed by atoms with Crippen LogP contribution in [-0.2, 0) is 4.74 Å². The van der Waals surface area contributed by atoms with E-state index in [4.69, 9.17) is 4.74 Å². The summed E-state index contributed by atoms with van der Waals surface area (Å²) in [6.45, 7) is 3.23. The predicted molar refractivity (Wildman–Crippen MR) is 63.7 cm³/mol. The van der Waals surface area contributed by atoms with Crippen LogP contribution in [0.4, 0.5) is 0 Å². The van der Waals surface area contributed by atoms with E-state index in [2.05, 4.69) is 24.6 Å². The molecule has 0 aromatic carbocycles. The quantitative estimate of drug-likeness (QED) is 0.735. The summed E-state index contributed by atoms with van der Waals surface area (Å²) >= 11 is 1.91. The van der Waals surface area contributed by atoms with Gasteiger partial charge in [0.1, 0.15) is 6.10 Å². The third kappa shape index (κ3) is 4.91. The second-order valence-corrected chi connectivity index (χ2v) is 4.78. The van der Waals surface area contributed by atoms with Crippen molar-refractivity contribution in [1.29, 1.82) is 0 Å². The molecular weight excluding hydrogens is 194 g/mol. The van der Waals surface area contributed by atoms with E-state index >= 15 is 0 Å². The van der Waals surface area contributed by atoms with E-state index in [1.54, 1.807) is 0 Å². The van der Waals surface area contributed by atoms with Crippen molar-refractivity contribution in [2.24, 2.45) is 0 Å². The van der Waals surface area contributed by atoms with Gasteiger partial charge in [-0.2, -0.15) is 11.8 Å². The topological polar surface area (TPSA) is 21.3 Å². The van der Waals surface area contributed by atoms with Crippen molar-refractivity contribution in [2.45, 2.75) is 38.3 Å². The van der Waals surface area contributed by atoms with Crippen molar-refractivity contribution in [3.63, 3.8) is 0 Å². The molecule has 0 spiro atoms. The van der Waals surface area contributed by atoms with Gasteiger partial charge < -0.3 is 10.1 Å². The lowest BCUT2D eigenvalue weighted by Gasteiger charge is -2.22. The van der Waals surface area contributed by atoms with Crippen LogP contribution in [0, 0.1) is 0 Å². The van der Waals surface area contributed by atoms with Crippen LogP contribution in [0.2, 0.25) is 0 Å². The van der Waals surface area contributed by atoms with E-state index in [9.17, 15) is 0 Å². The lowest BCUT2D eigenvalue weighted by molar-refractivity contribution is 0.119. The molecule has 0 fully saturated rings. The average molecular weight is 215 g/mol. The Kier molecular flexibility index (Phi) is 6.12. The summed E-state index contributed by atoms with van der Waals surface area (Å²) in [4.78, 5) is 0. The van der Waals surface area contributed by atoms with Crippen LogP contribution in [0.3, 0.4) is 0 Å². The van der Waals surface area contributed by atoms with E-state index in [0.717, 1.165) is 19.4 Å². The molecule has 0 amide bonds. The van der Waals surface area contributed by atoms with Gasteiger partial charge in [-0.15, -0.1) is 0 Å². The monoisotopic (exact) mass is 215 g/mol. The number of thioether (sulfide) groups is 1. The summed E-state index contributed by atoms with van der Waals surface area (Å²) in [6.07, 6.45) is 10.0. The molecule has 1 heterocycles. The Morgan fingerprint density at radius 1 is 1.64 bits per heavy atom. The zero-order valence-corrected chi connectivity index (χ0v) is 9.98. The smallest absolute Gasteiger partial charge is 0.110 e. The van der Waals surface area contributed by atoms with E-state index in [1.807, 2.05) is 18.0 Å². The van der Waals surface area contributed by atoms with Gasteiger partial charge in [0.15, 0.2) is 0 Å². The molecule has 1 rings (SSSR count). The lowest BCUT2D eigenvalue weighted by atomic mass is 10.1. The maximum Gasteiger partial charge on any atom is 0.110 e. The Bertz CT molecular complexity index is 173. The molecule has 14 heavy (non-hydrogen) atoms. The van der Waals surface area contributed by atoms with Gasteiger partial charge in [-0.1, -0.05) is 0 Å². The van der Waals surface area contributed by atoms with Gasteiger partial charge in [0.25, 0.3) is 0 Å². The third-order valence-electron chi connectivity index (χ3n) is 2.47. The minimum atomic E-state index is 0.386. The number of ether oxygens (including phenoxy) is 1. The second kappa shape index (κ2) is 7.18. The molecular formula is C11H21NOS. The number of allylic oxidation sites excluding steroid dienone is 1. The molecule has 2 atom stereocenters. The Morgan fingerprint density at radius 2 is 2.50 bits per heavy atom. The molecule has 0 saturated carbocycles. The zero-order valence-electron chi connectivity index (χ0n) is 9.16. The fourth-order valence-corrected chi connectivity index (χ4v) is 2.05. The fourth-order valence-electron chi connectivity index (χ4n) is 1.46. The Labute approximate surface area is 91.5 Å². The van der Waals surface area contributed by atoms with Crippen LogP contribution >= 0.6 is 11.8 Å². The van der Waals surface area contributed by atoms with Gasteiger partial charge in [-0.3, -0.25) is 0 Å². The summed E-state index contributed by atoms with van der Waals surface area (Å²) in [5.74, 6) is 1.24. The van der Waals surface area contributed by atoms with E-state index in [0.29, 0.717) is 12.1 Å². The van der Waals surface area contributed by atoms with E-state index in [-0.39, 0.29) is 0 Å². The molecule has 2 unspecified atom stereocenters. The lowest BCUT2D eigenvalue weighted by Crippen LogP contribution is -2.35. The molecule has 1 aliphatic heterocycles. The first-order chi connectivity index (χ1) is 6.83. The molecule has 1 N–H and O–H groups in total. The van der Waals surface area contributed by atoms with Crippen molar-refractivity contribution in [2.75, 3.05) is 18.6 Å². The van der Waals surface area contributed by atoms with Crippen molar-refractivity contribution >= 4 is 11.8 Å². The Hall–Kier alpha value is -0.150. The highest BCUT2D eigenvalue weighted by Gasteiger charge is 2.11. The van der Waals surface area contributed by atoms with Crippen molar-refractivity contribution in [1.82, 2.24) is 5.32 Å². The predicted octanol–water partition coefficient (Wildman–Crippen LogP) is 2.41. The molecule has 0 bridgehead atoms. The van der Waals surface area contributed by atoms with Crippen LogP contribution in [-0.4, -0.2) is 30.7 Å². The van der Waals surface area contributed by atoms with Crippen LogP contribution in [0.1, 0.15) is 26.2 Å². The fraction of sp³-hybridized carbons (Fsp3) is 0.818. The van der Waals surface area contributed by atoms with Crippen LogP contribution < -0.4 is 5.32 Å². The summed E-state index contributed by atoms with van der Waals surface area (Å²) in [7, 11) is 0. The molecule has 2 nitrogen and oxygen atoms in total. The van der Waals surface area contributed by atoms with Gasteiger partial charge in [0.05, 0.1) is 6.26 Å². The number of hydrogen-bond acceptors (Lipinski definition) is 3. The largest absolute Gasteiger partial charge is 0.497 e. The maximum absolute atomic E-state index is 5.48. The molecule has 0 aromatic heterocycles. The normalized spacial score (nSPS) is 23.1. The summed E-state index contributed by atoms with van der Waals surface area (Å²) in [5, 5.41) is 3.51. The van der Waals surface area contributed by atoms with Crippen molar-refractivity contribution in [3.05, 3.63) is 12.3 Å². The molecule has 0 aromatic rings. The highest BCUT2D eigenvalue weighted by atomic mass is 32.2. The Morgan fingerprint density at radius 3 is 3.14 bits per heavy atom. The molecule has 1 aliphatic rings. The van der Waals surface area contributed by atoms with E-state index in [1.165, 1.54) is 12.2 Å². The van der Waals surface area contributed by atoms with Crippen molar-refractivity contribution < 1.29 is 4.74 Å². The van der Waals surface area contributed by atoms with Crippen LogP contribution in [0.25, 0.3) is 0 Å². The average Bonchev–Trinajstić information content (AvgIpc) is 2.25. The molecule has 82 valence electrons. The van der Waals surface area contributed by atoms with Crippen molar-refractivity contribution in [3.8, 4) is 0 Å². The first-order valence-corrected chi connectivity index (χ1v) is 6.75. The third-order valence-corrected chi connectivity index (χ3v) is 3.12. The van der Waals surface area contributed by atoms with Gasteiger partial charge in [0.2, 0.25) is 0 Å². The Balaban J connectivity index is 2.04. The van der Waals surface area contributed by atoms with Gasteiger partial charge in [0, 0.05) is 12.6 Å². The zero-order chi connectivity index (χ0) is 10.2. The second-order valence-electron chi connectivity index (χ2n) is 3.80. The minimum absolute atomic E-state index is 0.386. The molecule has 0 aliphatic carbocycles. The number of nitrogens with one attached hydrogen (secondary N) is 1. The minimum Gasteiger partial charge on any atom is -0.497 e. The maximum atomic E-state index is 5.48. The van der Waals surface area contributed by atoms with Crippen LogP contribution in [0.5, 0.6) is 0 Å². The first-order valence-electron chi connectivity index (χ1n) is 5.35. The first kappa shape index (κ1) is 11.9.